The van der Waals surface area contributed by atoms with Gasteiger partial charge in [0, 0.05) is 19.1 Å². The number of benzene rings is 2. The Morgan fingerprint density at radius 3 is 2.61 bits per heavy atom. The van der Waals surface area contributed by atoms with Crippen LogP contribution >= 0.6 is 0 Å². The number of carbonyl (C=O) groups is 1. The average Bonchev–Trinajstić information content (AvgIpc) is 3.25. The van der Waals surface area contributed by atoms with Crippen molar-refractivity contribution in [3.05, 3.63) is 70.3 Å². The smallest absolute Gasteiger partial charge is 0.255 e. The first kappa shape index (κ1) is 23.0. The Labute approximate surface area is 193 Å². The van der Waals surface area contributed by atoms with Gasteiger partial charge >= 0.3 is 0 Å². The normalized spacial score (nSPS) is 18.2. The molecule has 0 radical (unpaired) electrons. The third-order valence-electron chi connectivity index (χ3n) is 6.30. The Bertz CT molecular complexity index is 1140. The summed E-state index contributed by atoms with van der Waals surface area (Å²) in [5, 5.41) is 13.1. The van der Waals surface area contributed by atoms with Gasteiger partial charge in [0.15, 0.2) is 5.89 Å². The fourth-order valence-corrected chi connectivity index (χ4v) is 4.20. The number of aromatic nitrogens is 1. The third kappa shape index (κ3) is 4.94. The molecule has 0 saturated carbocycles. The number of hydrogen-bond acceptors (Lipinski definition) is 6. The summed E-state index contributed by atoms with van der Waals surface area (Å²) >= 11 is 0. The van der Waals surface area contributed by atoms with E-state index in [-0.39, 0.29) is 5.91 Å². The van der Waals surface area contributed by atoms with E-state index in [4.69, 9.17) is 13.9 Å². The number of aliphatic hydroxyl groups excluding tert-OH is 1. The molecule has 1 aromatic heterocycles. The van der Waals surface area contributed by atoms with Gasteiger partial charge in [-0.2, -0.15) is 0 Å². The molecule has 174 valence electrons. The minimum atomic E-state index is -0.619. The lowest BCUT2D eigenvalue weighted by molar-refractivity contribution is -0.0140. The first-order valence-electron chi connectivity index (χ1n) is 11.1. The number of ether oxygens (including phenoxy) is 2. The molecule has 0 aliphatic carbocycles. The lowest BCUT2D eigenvalue weighted by Gasteiger charge is -2.29. The molecule has 2 atom stereocenters. The number of aryl methyl sites for hydroxylation is 1. The topological polar surface area (TPSA) is 93.8 Å². The van der Waals surface area contributed by atoms with Crippen LogP contribution < -0.4 is 10.1 Å². The molecule has 33 heavy (non-hydrogen) atoms. The Balaban J connectivity index is 1.59. The van der Waals surface area contributed by atoms with E-state index in [1.54, 1.807) is 13.4 Å². The number of aliphatic hydroxyl groups is 1. The van der Waals surface area contributed by atoms with Crippen molar-refractivity contribution >= 4 is 5.91 Å². The number of carbonyl (C=O) groups excluding carboxylic acids is 1. The van der Waals surface area contributed by atoms with Gasteiger partial charge < -0.3 is 24.3 Å². The molecule has 0 unspecified atom stereocenters. The summed E-state index contributed by atoms with van der Waals surface area (Å²) in [5.41, 5.74) is 6.44. The molecule has 1 amide bonds. The second-order valence-electron chi connectivity index (χ2n) is 8.50. The zero-order chi connectivity index (χ0) is 23.5. The van der Waals surface area contributed by atoms with Crippen molar-refractivity contribution in [1.82, 2.24) is 10.3 Å². The standard InChI is InChI=1S/C26H30N2O5/c1-15-16(2)25(31-4)21(26(30)28-23-13-32-10-9-24(23)29)12-20(15)11-18-5-7-19(8-6-18)22-14-33-17(3)27-22/h5-8,12,14,23-24,29H,9-11,13H2,1-4H3,(H,28,30)/t23-,24-/m0/s1. The van der Waals surface area contributed by atoms with Crippen LogP contribution in [0.25, 0.3) is 11.3 Å². The van der Waals surface area contributed by atoms with Crippen LogP contribution in [-0.4, -0.2) is 48.5 Å². The van der Waals surface area contributed by atoms with Gasteiger partial charge in [0.2, 0.25) is 0 Å². The molecule has 4 rings (SSSR count). The van der Waals surface area contributed by atoms with Crippen LogP contribution in [0.2, 0.25) is 0 Å². The van der Waals surface area contributed by atoms with Gasteiger partial charge in [-0.1, -0.05) is 24.3 Å². The molecule has 2 N–H and O–H groups in total. The van der Waals surface area contributed by atoms with Crippen molar-refractivity contribution in [1.29, 1.82) is 0 Å². The highest BCUT2D eigenvalue weighted by Crippen LogP contribution is 2.31. The van der Waals surface area contributed by atoms with Gasteiger partial charge in [-0.15, -0.1) is 0 Å². The molecule has 0 bridgehead atoms. The van der Waals surface area contributed by atoms with Crippen molar-refractivity contribution in [2.75, 3.05) is 20.3 Å². The van der Waals surface area contributed by atoms with Crippen molar-refractivity contribution in [2.24, 2.45) is 0 Å². The van der Waals surface area contributed by atoms with Gasteiger partial charge in [-0.05, 0) is 55.0 Å². The van der Waals surface area contributed by atoms with E-state index in [2.05, 4.69) is 22.4 Å². The first-order chi connectivity index (χ1) is 15.9. The predicted octanol–water partition coefficient (Wildman–Crippen LogP) is 3.75. The minimum Gasteiger partial charge on any atom is -0.496 e. The monoisotopic (exact) mass is 450 g/mol. The van der Waals surface area contributed by atoms with Crippen LogP contribution in [0.1, 0.15) is 44.9 Å². The van der Waals surface area contributed by atoms with Gasteiger partial charge in [-0.3, -0.25) is 4.79 Å². The second-order valence-corrected chi connectivity index (χ2v) is 8.50. The fraction of sp³-hybridized carbons (Fsp3) is 0.385. The van der Waals surface area contributed by atoms with E-state index in [1.165, 1.54) is 0 Å². The highest BCUT2D eigenvalue weighted by atomic mass is 16.5. The van der Waals surface area contributed by atoms with Crippen molar-refractivity contribution in [3.63, 3.8) is 0 Å². The first-order valence-corrected chi connectivity index (χ1v) is 11.1. The molecule has 1 saturated heterocycles. The molecule has 1 aliphatic heterocycles. The number of oxazole rings is 1. The van der Waals surface area contributed by atoms with E-state index in [1.807, 2.05) is 39.0 Å². The van der Waals surface area contributed by atoms with Crippen molar-refractivity contribution in [2.45, 2.75) is 45.8 Å². The lowest BCUT2D eigenvalue weighted by atomic mass is 9.92. The van der Waals surface area contributed by atoms with Crippen LogP contribution in [-0.2, 0) is 11.2 Å². The Kier molecular flexibility index (Phi) is 6.81. The number of nitrogens with one attached hydrogen (secondary N) is 1. The summed E-state index contributed by atoms with van der Waals surface area (Å²) in [4.78, 5) is 17.5. The molecule has 0 spiro atoms. The quantitative estimate of drug-likeness (QED) is 0.594. The maximum atomic E-state index is 13.1. The number of methoxy groups -OCH3 is 1. The minimum absolute atomic E-state index is 0.275. The van der Waals surface area contributed by atoms with E-state index >= 15 is 0 Å². The van der Waals surface area contributed by atoms with Crippen LogP contribution in [0.4, 0.5) is 0 Å². The zero-order valence-corrected chi connectivity index (χ0v) is 19.5. The number of rotatable bonds is 6. The van der Waals surface area contributed by atoms with Gasteiger partial charge in [-0.25, -0.2) is 4.98 Å². The van der Waals surface area contributed by atoms with E-state index in [0.29, 0.717) is 43.3 Å². The van der Waals surface area contributed by atoms with E-state index in [9.17, 15) is 9.90 Å². The fourth-order valence-electron chi connectivity index (χ4n) is 4.20. The molecule has 2 heterocycles. The largest absolute Gasteiger partial charge is 0.496 e. The molecule has 2 aromatic carbocycles. The highest BCUT2D eigenvalue weighted by molar-refractivity contribution is 5.98. The Morgan fingerprint density at radius 1 is 1.21 bits per heavy atom. The lowest BCUT2D eigenvalue weighted by Crippen LogP contribution is -2.49. The van der Waals surface area contributed by atoms with Gasteiger partial charge in [0.05, 0.1) is 31.4 Å². The summed E-state index contributed by atoms with van der Waals surface area (Å²) < 4.78 is 16.3. The van der Waals surface area contributed by atoms with Gasteiger partial charge in [0.1, 0.15) is 17.7 Å². The zero-order valence-electron chi connectivity index (χ0n) is 19.5. The maximum absolute atomic E-state index is 13.1. The van der Waals surface area contributed by atoms with Crippen LogP contribution in [0.3, 0.4) is 0 Å². The number of hydrogen-bond donors (Lipinski definition) is 2. The van der Waals surface area contributed by atoms with Gasteiger partial charge in [0.25, 0.3) is 5.91 Å². The SMILES string of the molecule is COc1c(C(=O)N[C@H]2COCC[C@@H]2O)cc(Cc2ccc(-c3coc(C)n3)cc2)c(C)c1C. The molecule has 1 aliphatic rings. The summed E-state index contributed by atoms with van der Waals surface area (Å²) in [5.74, 6) is 0.913. The number of nitrogens with zero attached hydrogens (tertiary/aromatic N) is 1. The van der Waals surface area contributed by atoms with Crippen molar-refractivity contribution < 1.29 is 23.8 Å². The van der Waals surface area contributed by atoms with Crippen LogP contribution in [0.15, 0.2) is 41.0 Å². The second kappa shape index (κ2) is 9.77. The van der Waals surface area contributed by atoms with E-state index in [0.717, 1.165) is 33.5 Å². The van der Waals surface area contributed by atoms with Crippen LogP contribution in [0.5, 0.6) is 5.75 Å². The summed E-state index contributed by atoms with van der Waals surface area (Å²) in [6.45, 7) is 6.62. The summed E-state index contributed by atoms with van der Waals surface area (Å²) in [6, 6.07) is 9.63. The van der Waals surface area contributed by atoms with Crippen molar-refractivity contribution in [3.8, 4) is 17.0 Å². The third-order valence-corrected chi connectivity index (χ3v) is 6.30. The molecular formula is C26H30N2O5. The van der Waals surface area contributed by atoms with E-state index < -0.39 is 12.1 Å². The highest BCUT2D eigenvalue weighted by Gasteiger charge is 2.27. The summed E-state index contributed by atoms with van der Waals surface area (Å²) in [6.07, 6.45) is 2.21. The summed E-state index contributed by atoms with van der Waals surface area (Å²) in [7, 11) is 1.57. The molecule has 7 nitrogen and oxygen atoms in total. The molecular weight excluding hydrogens is 420 g/mol. The van der Waals surface area contributed by atoms with Crippen LogP contribution in [0, 0.1) is 20.8 Å². The molecule has 1 fully saturated rings. The Hall–Kier alpha value is -3.16. The average molecular weight is 451 g/mol. The molecule has 7 heteroatoms. The predicted molar refractivity (Wildman–Crippen MR) is 125 cm³/mol. The maximum Gasteiger partial charge on any atom is 0.255 e. The molecule has 3 aromatic rings. The Morgan fingerprint density at radius 2 is 1.97 bits per heavy atom. The number of amides is 1.